The molecule has 0 aliphatic heterocycles. The summed E-state index contributed by atoms with van der Waals surface area (Å²) in [6.45, 7) is 1.84. The Morgan fingerprint density at radius 3 is 2.89 bits per heavy atom. The molecule has 1 heterocycles. The number of aryl methyl sites for hydroxylation is 1. The van der Waals surface area contributed by atoms with Crippen LogP contribution in [0.3, 0.4) is 0 Å². The van der Waals surface area contributed by atoms with Gasteiger partial charge in [-0.3, -0.25) is 4.79 Å². The predicted octanol–water partition coefficient (Wildman–Crippen LogP) is 3.50. The zero-order valence-electron chi connectivity index (χ0n) is 10.6. The SMILES string of the molecule is CSc1ncccc1C(=O)Nc1cc(C)ccc1F. The monoisotopic (exact) mass is 276 g/mol. The van der Waals surface area contributed by atoms with Crippen molar-refractivity contribution in [2.75, 3.05) is 11.6 Å². The van der Waals surface area contributed by atoms with E-state index in [1.54, 1.807) is 30.5 Å². The Balaban J connectivity index is 2.28. The molecule has 0 atom stereocenters. The standard InChI is InChI=1S/C14H13FN2OS/c1-9-5-6-11(15)12(8-9)17-13(18)10-4-3-7-16-14(10)19-2/h3-8H,1-2H3,(H,17,18). The number of hydrogen-bond acceptors (Lipinski definition) is 3. The van der Waals surface area contributed by atoms with Crippen molar-refractivity contribution >= 4 is 23.4 Å². The number of carbonyl (C=O) groups excluding carboxylic acids is 1. The van der Waals surface area contributed by atoms with Crippen LogP contribution in [0.5, 0.6) is 0 Å². The fourth-order valence-corrected chi connectivity index (χ4v) is 2.20. The van der Waals surface area contributed by atoms with Gasteiger partial charge in [-0.1, -0.05) is 6.07 Å². The summed E-state index contributed by atoms with van der Waals surface area (Å²) < 4.78 is 13.6. The van der Waals surface area contributed by atoms with Crippen molar-refractivity contribution in [2.24, 2.45) is 0 Å². The molecule has 98 valence electrons. The Labute approximate surface area is 115 Å². The van der Waals surface area contributed by atoms with Crippen LogP contribution < -0.4 is 5.32 Å². The molecule has 0 saturated carbocycles. The lowest BCUT2D eigenvalue weighted by Gasteiger charge is -2.09. The molecule has 2 aromatic rings. The summed E-state index contributed by atoms with van der Waals surface area (Å²) in [6, 6.07) is 7.94. The van der Waals surface area contributed by atoms with E-state index in [9.17, 15) is 9.18 Å². The summed E-state index contributed by atoms with van der Waals surface area (Å²) in [7, 11) is 0. The number of carbonyl (C=O) groups is 1. The molecule has 0 aliphatic carbocycles. The average Bonchev–Trinajstić information content (AvgIpc) is 2.42. The molecular formula is C14H13FN2OS. The highest BCUT2D eigenvalue weighted by molar-refractivity contribution is 7.98. The summed E-state index contributed by atoms with van der Waals surface area (Å²) in [6.07, 6.45) is 3.46. The second kappa shape index (κ2) is 5.84. The number of halogens is 1. The highest BCUT2D eigenvalue weighted by Crippen LogP contribution is 2.20. The van der Waals surface area contributed by atoms with Gasteiger partial charge in [0.05, 0.1) is 11.3 Å². The third-order valence-corrected chi connectivity index (χ3v) is 3.29. The Kier molecular flexibility index (Phi) is 4.16. The van der Waals surface area contributed by atoms with Crippen LogP contribution in [0.1, 0.15) is 15.9 Å². The Hall–Kier alpha value is -1.88. The van der Waals surface area contributed by atoms with Gasteiger partial charge in [-0.15, -0.1) is 11.8 Å². The molecule has 1 N–H and O–H groups in total. The van der Waals surface area contributed by atoms with E-state index in [-0.39, 0.29) is 11.6 Å². The number of amides is 1. The molecule has 2 rings (SSSR count). The second-order valence-electron chi connectivity index (χ2n) is 4.00. The second-order valence-corrected chi connectivity index (χ2v) is 4.79. The van der Waals surface area contributed by atoms with Crippen molar-refractivity contribution in [1.82, 2.24) is 4.98 Å². The smallest absolute Gasteiger partial charge is 0.258 e. The van der Waals surface area contributed by atoms with Crippen LogP contribution in [0.15, 0.2) is 41.6 Å². The summed E-state index contributed by atoms with van der Waals surface area (Å²) in [5.74, 6) is -0.810. The van der Waals surface area contributed by atoms with Crippen molar-refractivity contribution in [3.05, 3.63) is 53.5 Å². The molecule has 5 heteroatoms. The minimum atomic E-state index is -0.450. The van der Waals surface area contributed by atoms with Crippen molar-refractivity contribution in [3.8, 4) is 0 Å². The van der Waals surface area contributed by atoms with E-state index in [1.807, 2.05) is 13.2 Å². The highest BCUT2D eigenvalue weighted by Gasteiger charge is 2.13. The largest absolute Gasteiger partial charge is 0.319 e. The molecule has 1 amide bonds. The lowest BCUT2D eigenvalue weighted by Crippen LogP contribution is -2.14. The van der Waals surface area contributed by atoms with E-state index in [2.05, 4.69) is 10.3 Å². The number of hydrogen-bond donors (Lipinski definition) is 1. The van der Waals surface area contributed by atoms with Gasteiger partial charge in [-0.2, -0.15) is 0 Å². The van der Waals surface area contributed by atoms with Crippen molar-refractivity contribution in [2.45, 2.75) is 11.9 Å². The van der Waals surface area contributed by atoms with Gasteiger partial charge < -0.3 is 5.32 Å². The molecule has 0 radical (unpaired) electrons. The maximum absolute atomic E-state index is 13.6. The maximum atomic E-state index is 13.6. The summed E-state index contributed by atoms with van der Waals surface area (Å²) in [5, 5.41) is 3.19. The summed E-state index contributed by atoms with van der Waals surface area (Å²) in [5.41, 5.74) is 1.50. The van der Waals surface area contributed by atoms with Crippen LogP contribution in [0.25, 0.3) is 0 Å². The molecule has 19 heavy (non-hydrogen) atoms. The number of benzene rings is 1. The van der Waals surface area contributed by atoms with Crippen LogP contribution in [0, 0.1) is 12.7 Å². The third-order valence-electron chi connectivity index (χ3n) is 2.58. The van der Waals surface area contributed by atoms with E-state index >= 15 is 0 Å². The molecule has 0 aliphatic rings. The zero-order chi connectivity index (χ0) is 13.8. The van der Waals surface area contributed by atoms with E-state index < -0.39 is 5.82 Å². The topological polar surface area (TPSA) is 42.0 Å². The van der Waals surface area contributed by atoms with Crippen molar-refractivity contribution < 1.29 is 9.18 Å². The molecule has 0 bridgehead atoms. The number of nitrogens with one attached hydrogen (secondary N) is 1. The Bertz CT molecular complexity index is 616. The maximum Gasteiger partial charge on any atom is 0.258 e. The minimum absolute atomic E-state index is 0.181. The Morgan fingerprint density at radius 2 is 2.16 bits per heavy atom. The number of anilines is 1. The zero-order valence-corrected chi connectivity index (χ0v) is 11.4. The normalized spacial score (nSPS) is 10.3. The first kappa shape index (κ1) is 13.5. The van der Waals surface area contributed by atoms with E-state index in [0.29, 0.717) is 10.6 Å². The van der Waals surface area contributed by atoms with E-state index in [1.165, 1.54) is 17.8 Å². The molecular weight excluding hydrogens is 263 g/mol. The summed E-state index contributed by atoms with van der Waals surface area (Å²) in [4.78, 5) is 16.2. The molecule has 0 fully saturated rings. The molecule has 0 saturated heterocycles. The number of nitrogens with zero attached hydrogens (tertiary/aromatic N) is 1. The van der Waals surface area contributed by atoms with Crippen molar-refractivity contribution in [3.63, 3.8) is 0 Å². The lowest BCUT2D eigenvalue weighted by atomic mass is 10.2. The molecule has 1 aromatic carbocycles. The number of pyridine rings is 1. The fourth-order valence-electron chi connectivity index (χ4n) is 1.65. The highest BCUT2D eigenvalue weighted by atomic mass is 32.2. The minimum Gasteiger partial charge on any atom is -0.319 e. The molecule has 0 spiro atoms. The molecule has 3 nitrogen and oxygen atoms in total. The number of rotatable bonds is 3. The predicted molar refractivity (Wildman–Crippen MR) is 75.1 cm³/mol. The van der Waals surface area contributed by atoms with Gasteiger partial charge in [0.1, 0.15) is 10.8 Å². The van der Waals surface area contributed by atoms with Crippen molar-refractivity contribution in [1.29, 1.82) is 0 Å². The third kappa shape index (κ3) is 3.12. The van der Waals surface area contributed by atoms with Crippen LogP contribution in [0.4, 0.5) is 10.1 Å². The summed E-state index contributed by atoms with van der Waals surface area (Å²) >= 11 is 1.38. The van der Waals surface area contributed by atoms with Gasteiger partial charge in [0.25, 0.3) is 5.91 Å². The van der Waals surface area contributed by atoms with Gasteiger partial charge in [-0.05, 0) is 43.0 Å². The van der Waals surface area contributed by atoms with Gasteiger partial charge in [0.2, 0.25) is 0 Å². The fraction of sp³-hybridized carbons (Fsp3) is 0.143. The Morgan fingerprint density at radius 1 is 1.37 bits per heavy atom. The van der Waals surface area contributed by atoms with Gasteiger partial charge >= 0.3 is 0 Å². The van der Waals surface area contributed by atoms with Crippen LogP contribution in [-0.4, -0.2) is 17.1 Å². The average molecular weight is 276 g/mol. The van der Waals surface area contributed by atoms with Gasteiger partial charge in [0.15, 0.2) is 0 Å². The lowest BCUT2D eigenvalue weighted by molar-refractivity contribution is 0.102. The molecule has 1 aromatic heterocycles. The quantitative estimate of drug-likeness (QED) is 0.872. The van der Waals surface area contributed by atoms with Gasteiger partial charge in [0, 0.05) is 6.20 Å². The molecule has 0 unspecified atom stereocenters. The first-order valence-corrected chi connectivity index (χ1v) is 6.91. The number of aromatic nitrogens is 1. The van der Waals surface area contributed by atoms with Crippen LogP contribution in [0.2, 0.25) is 0 Å². The van der Waals surface area contributed by atoms with Gasteiger partial charge in [-0.25, -0.2) is 9.37 Å². The van der Waals surface area contributed by atoms with Crippen LogP contribution >= 0.6 is 11.8 Å². The van der Waals surface area contributed by atoms with E-state index in [4.69, 9.17) is 0 Å². The first-order valence-electron chi connectivity index (χ1n) is 5.68. The first-order chi connectivity index (χ1) is 9.11. The van der Waals surface area contributed by atoms with Crippen LogP contribution in [-0.2, 0) is 0 Å². The van der Waals surface area contributed by atoms with E-state index in [0.717, 1.165) is 5.56 Å². The number of thioether (sulfide) groups is 1.